The maximum atomic E-state index is 14.6. The number of carbonyl (C=O) groups is 10. The summed E-state index contributed by atoms with van der Waals surface area (Å²) in [5.41, 5.74) is 7.80. The first kappa shape index (κ1) is 80.4. The van der Waals surface area contributed by atoms with Crippen molar-refractivity contribution in [3.63, 3.8) is 0 Å². The van der Waals surface area contributed by atoms with Crippen molar-refractivity contribution in [1.82, 2.24) is 21.3 Å². The lowest BCUT2D eigenvalue weighted by molar-refractivity contribution is -0.201. The minimum Gasteiger partial charge on any atom is -0.458 e. The predicted molar refractivity (Wildman–Crippen MR) is 386 cm³/mol. The number of aliphatic hydroxyl groups is 1. The quantitative estimate of drug-likeness (QED) is 0.0166. The number of rotatable bonds is 40. The van der Waals surface area contributed by atoms with Gasteiger partial charge in [0.1, 0.15) is 6.61 Å². The number of ether oxygens (including phenoxy) is 8. The molecule has 1 unspecified atom stereocenters. The van der Waals surface area contributed by atoms with Gasteiger partial charge < -0.3 is 80.2 Å². The zero-order valence-corrected chi connectivity index (χ0v) is 61.0. The van der Waals surface area contributed by atoms with E-state index in [2.05, 4.69) is 45.3 Å². The van der Waals surface area contributed by atoms with Crippen molar-refractivity contribution >= 4 is 70.4 Å². The molecule has 568 valence electrons. The van der Waals surface area contributed by atoms with Crippen LogP contribution in [0.5, 0.6) is 0 Å². The van der Waals surface area contributed by atoms with Crippen molar-refractivity contribution in [3.05, 3.63) is 119 Å². The third-order valence-corrected chi connectivity index (χ3v) is 21.1. The molecule has 105 heavy (non-hydrogen) atoms. The molecule has 0 radical (unpaired) electrons. The van der Waals surface area contributed by atoms with Crippen molar-refractivity contribution in [2.24, 2.45) is 46.2 Å². The van der Waals surface area contributed by atoms with Crippen LogP contribution in [0, 0.1) is 52.3 Å². The van der Waals surface area contributed by atoms with Crippen molar-refractivity contribution in [3.8, 4) is 11.8 Å². The number of urea groups is 1. The molecule has 3 aromatic carbocycles. The van der Waals surface area contributed by atoms with Crippen LogP contribution in [-0.2, 0) is 89.4 Å². The first-order chi connectivity index (χ1) is 50.5. The van der Waals surface area contributed by atoms with Gasteiger partial charge in [-0.1, -0.05) is 107 Å². The van der Waals surface area contributed by atoms with E-state index in [4.69, 9.17) is 43.6 Å². The molecule has 9 rings (SSSR count). The summed E-state index contributed by atoms with van der Waals surface area (Å²) in [6.45, 7) is 11.9. The van der Waals surface area contributed by atoms with E-state index in [1.807, 2.05) is 68.5 Å². The van der Waals surface area contributed by atoms with Crippen LogP contribution in [0.4, 0.5) is 21.0 Å². The Morgan fingerprint density at radius 1 is 0.762 bits per heavy atom. The van der Waals surface area contributed by atoms with Gasteiger partial charge >= 0.3 is 18.1 Å². The number of esters is 1. The fourth-order valence-corrected chi connectivity index (χ4v) is 15.8. The number of alkyl carbamates (subject to hydrolysis) is 1. The Kier molecular flexibility index (Phi) is 29.5. The smallest absolute Gasteiger partial charge is 0.407 e. The summed E-state index contributed by atoms with van der Waals surface area (Å²) in [5, 5.41) is 25.6. The van der Waals surface area contributed by atoms with E-state index >= 15 is 0 Å². The molecule has 0 aromatic heterocycles. The zero-order chi connectivity index (χ0) is 75.1. The predicted octanol–water partition coefficient (Wildman–Crippen LogP) is 7.38. The number of hydrogen-bond donors (Lipinski definition) is 7. The highest BCUT2D eigenvalue weighted by Crippen LogP contribution is 2.70. The van der Waals surface area contributed by atoms with Gasteiger partial charge in [0, 0.05) is 91.2 Å². The minimum absolute atomic E-state index is 0.0299. The second-order valence-electron chi connectivity index (χ2n) is 28.6. The number of para-hydroxylation sites is 1. The Balaban J connectivity index is 0.611. The monoisotopic (exact) mass is 1450 g/mol. The topological polar surface area (TPSA) is 354 Å². The summed E-state index contributed by atoms with van der Waals surface area (Å²) in [6, 6.07) is 20.1. The minimum atomic E-state index is -1.44. The average Bonchev–Trinajstić information content (AvgIpc) is 1.52. The highest BCUT2D eigenvalue weighted by atomic mass is 16.7. The number of primary amides is 1. The number of fused-ring (bicyclic) bond motifs is 9. The van der Waals surface area contributed by atoms with Gasteiger partial charge in [-0.15, -0.1) is 0 Å². The molecule has 8 N–H and O–H groups in total. The number of nitrogens with two attached hydrogens (primary N) is 1. The van der Waals surface area contributed by atoms with E-state index in [1.54, 1.807) is 55.2 Å². The van der Waals surface area contributed by atoms with E-state index < -0.39 is 89.2 Å². The van der Waals surface area contributed by atoms with Crippen LogP contribution in [0.15, 0.2) is 96.6 Å². The fraction of sp³-hybridized carbons (Fsp3) is 0.570. The maximum Gasteiger partial charge on any atom is 0.407 e. The summed E-state index contributed by atoms with van der Waals surface area (Å²) >= 11 is 0. The van der Waals surface area contributed by atoms with Crippen LogP contribution in [0.2, 0.25) is 0 Å². The second kappa shape index (κ2) is 38.5. The summed E-state index contributed by atoms with van der Waals surface area (Å²) in [7, 11) is 0. The van der Waals surface area contributed by atoms with Crippen LogP contribution < -0.4 is 37.2 Å². The molecule has 26 nitrogen and oxygen atoms in total. The molecular weight excluding hydrogens is 1350 g/mol. The lowest BCUT2D eigenvalue weighted by atomic mass is 9.46. The molecular formula is C79H103N7O19. The van der Waals surface area contributed by atoms with Gasteiger partial charge in [-0.3, -0.25) is 38.4 Å². The van der Waals surface area contributed by atoms with E-state index in [-0.39, 0.29) is 151 Å². The number of carbonyl (C=O) groups excluding carboxylic acids is 10. The average molecular weight is 1450 g/mol. The summed E-state index contributed by atoms with van der Waals surface area (Å²) in [6.07, 6.45) is 6.57. The Labute approximate surface area is 614 Å². The highest BCUT2D eigenvalue weighted by Gasteiger charge is 2.76. The van der Waals surface area contributed by atoms with Crippen molar-refractivity contribution in [1.29, 1.82) is 0 Å². The van der Waals surface area contributed by atoms with E-state index in [9.17, 15) is 53.1 Å². The maximum absolute atomic E-state index is 14.6. The Morgan fingerprint density at radius 3 is 2.17 bits per heavy atom. The largest absolute Gasteiger partial charge is 0.458 e. The Bertz CT molecular complexity index is 3700. The van der Waals surface area contributed by atoms with E-state index in [1.165, 1.54) is 0 Å². The lowest BCUT2D eigenvalue weighted by Gasteiger charge is -2.59. The van der Waals surface area contributed by atoms with Crippen LogP contribution in [-0.4, -0.2) is 173 Å². The summed E-state index contributed by atoms with van der Waals surface area (Å²) in [4.78, 5) is 133. The van der Waals surface area contributed by atoms with E-state index in [0.29, 0.717) is 75.6 Å². The highest BCUT2D eigenvalue weighted by molar-refractivity contribution is 6.01. The molecule has 4 fully saturated rings. The first-order valence-corrected chi connectivity index (χ1v) is 36.9. The number of nitrogens with zero attached hydrogens (tertiary/aromatic N) is 1. The van der Waals surface area contributed by atoms with E-state index in [0.717, 1.165) is 35.1 Å². The molecule has 7 amide bonds. The first-order valence-electron chi connectivity index (χ1n) is 36.9. The molecule has 2 heterocycles. The number of hydrogen-bond acceptors (Lipinski definition) is 19. The van der Waals surface area contributed by atoms with Gasteiger partial charge in [0.2, 0.25) is 29.4 Å². The molecule has 0 spiro atoms. The van der Waals surface area contributed by atoms with Crippen LogP contribution in [0.3, 0.4) is 0 Å². The van der Waals surface area contributed by atoms with Crippen molar-refractivity contribution in [2.75, 3.05) is 89.3 Å². The number of ketones is 3. The summed E-state index contributed by atoms with van der Waals surface area (Å²) in [5.74, 6) is 2.32. The Hall–Kier alpha value is -8.68. The number of amides is 7. The molecule has 3 aromatic rings. The SMILES string of the molecule is CCCC1O[C@@H]2C[C@H]3[C@@H]4CCC5=CC(=O)C=C[C@]5(C)[C@H]4[C@@H](O)C[C@]3(C)[C@]2(C(=O)COC(=O)CCCNC(=O)OCc2ccc(NC(=O)[C@H](CCCNC(N)=O)CC(=O)[C@@H](NC(=O)CCOCCOCCOCCOCCNC(=O)CCC(=O)N3Cc4ccccc4C#Cc4ccccc43)C(C)C)cc2)O1. The van der Waals surface area contributed by atoms with Crippen LogP contribution in [0.1, 0.15) is 147 Å². The molecule has 2 aliphatic heterocycles. The number of anilines is 2. The van der Waals surface area contributed by atoms with Gasteiger partial charge in [0.25, 0.3) is 0 Å². The number of Topliss-reactive ketones (excluding diaryl/α,β-unsaturated/α-hetero) is 2. The van der Waals surface area contributed by atoms with Crippen LogP contribution >= 0.6 is 0 Å². The van der Waals surface area contributed by atoms with Crippen LogP contribution in [0.25, 0.3) is 0 Å². The van der Waals surface area contributed by atoms with Gasteiger partial charge in [-0.25, -0.2) is 9.59 Å². The third kappa shape index (κ3) is 21.1. The molecule has 3 saturated carbocycles. The third-order valence-electron chi connectivity index (χ3n) is 21.1. The second-order valence-corrected chi connectivity index (χ2v) is 28.6. The number of nitrogens with one attached hydrogen (secondary N) is 5. The van der Waals surface area contributed by atoms with Gasteiger partial charge in [-0.05, 0) is 123 Å². The zero-order valence-electron chi connectivity index (χ0n) is 61.0. The number of allylic oxidation sites excluding steroid dienone is 4. The molecule has 6 aliphatic rings. The summed E-state index contributed by atoms with van der Waals surface area (Å²) < 4.78 is 46.5. The fourth-order valence-electron chi connectivity index (χ4n) is 15.8. The van der Waals surface area contributed by atoms with Gasteiger partial charge in [-0.2, -0.15) is 0 Å². The van der Waals surface area contributed by atoms with Crippen molar-refractivity contribution < 1.29 is 90.9 Å². The molecule has 26 heteroatoms. The van der Waals surface area contributed by atoms with Gasteiger partial charge in [0.15, 0.2) is 30.1 Å². The number of benzene rings is 3. The molecule has 1 saturated heterocycles. The lowest BCUT2D eigenvalue weighted by Crippen LogP contribution is -2.63. The normalized spacial score (nSPS) is 23.7. The molecule has 0 bridgehead atoms. The molecule has 11 atom stereocenters. The Morgan fingerprint density at radius 2 is 1.45 bits per heavy atom. The van der Waals surface area contributed by atoms with Crippen molar-refractivity contribution in [2.45, 2.75) is 168 Å². The van der Waals surface area contributed by atoms with Gasteiger partial charge in [0.05, 0.1) is 83.3 Å². The standard InChI is InChI=1S/C79H103N7O19/c1-6-13-71-104-66-46-61-60-27-24-57-45-59(87)30-32-77(57,4)72(60)64(89)47-78(61,5)79(66,105-71)65(90)50-102-70(94)19-12-34-83-76(97)103-49-52-20-25-58(26-21-52)84-74(95)55(17-11-33-82-75(80)96)44-63(88)73(51(2)3)85-68(92)31-36-98-38-40-100-42-43-101-41-39-99-37-35-81-67(91)28-29-69(93)86-48-56-16-8-7-14-53(56)22-23-54-15-9-10-18-62(54)86/h7-10,14-16,18,20-21,25-26,30,32,45,51,55,60-61,64,66,71-73,89H,6,11-13,17,19,24,27-29,31,33-44,46-50H2,1-5H3,(H,81,91)(H,83,97)(H,84,95)(H,85,92)(H3,80,82,96)/t55-,60+,61+,64+,66-,71?,72-,73+,77+,78+,79-/m1/s1. The molecule has 4 aliphatic carbocycles. The number of aliphatic hydroxyl groups excluding tert-OH is 1.